The first-order chi connectivity index (χ1) is 10.1. The average molecular weight is 291 g/mol. The van der Waals surface area contributed by atoms with E-state index in [0.717, 1.165) is 25.0 Å². The quantitative estimate of drug-likeness (QED) is 0.546. The van der Waals surface area contributed by atoms with Crippen LogP contribution < -0.4 is 16.6 Å². The van der Waals surface area contributed by atoms with Gasteiger partial charge in [0.25, 0.3) is 5.91 Å². The van der Waals surface area contributed by atoms with Crippen molar-refractivity contribution in [2.24, 2.45) is 5.84 Å². The van der Waals surface area contributed by atoms with Crippen molar-refractivity contribution in [2.75, 3.05) is 25.1 Å². The first kappa shape index (κ1) is 15.2. The number of rotatable bonds is 4. The number of nitrogen functional groups attached to an aromatic ring is 1. The minimum absolute atomic E-state index is 0.0929. The fourth-order valence-corrected chi connectivity index (χ4v) is 2.33. The van der Waals surface area contributed by atoms with Crippen LogP contribution in [0.3, 0.4) is 0 Å². The fraction of sp³-hybridized carbons (Fsp3) is 0.500. The van der Waals surface area contributed by atoms with E-state index in [9.17, 15) is 9.59 Å². The lowest BCUT2D eigenvalue weighted by Gasteiger charge is -2.19. The zero-order valence-corrected chi connectivity index (χ0v) is 12.2. The number of hydrogen-bond acceptors (Lipinski definition) is 5. The van der Waals surface area contributed by atoms with Gasteiger partial charge in [-0.25, -0.2) is 10.8 Å². The molecule has 1 aliphatic heterocycles. The zero-order chi connectivity index (χ0) is 15.2. The molecule has 7 nitrogen and oxygen atoms in total. The topological polar surface area (TPSA) is 100 Å². The fourth-order valence-electron chi connectivity index (χ4n) is 2.33. The van der Waals surface area contributed by atoms with Gasteiger partial charge in [-0.15, -0.1) is 0 Å². The van der Waals surface area contributed by atoms with E-state index in [1.54, 1.807) is 17.0 Å². The van der Waals surface area contributed by atoms with Gasteiger partial charge in [-0.05, 0) is 25.0 Å². The van der Waals surface area contributed by atoms with Gasteiger partial charge in [-0.2, -0.15) is 0 Å². The molecule has 0 unspecified atom stereocenters. The van der Waals surface area contributed by atoms with Gasteiger partial charge in [0.2, 0.25) is 5.91 Å². The lowest BCUT2D eigenvalue weighted by Crippen LogP contribution is -2.37. The van der Waals surface area contributed by atoms with Gasteiger partial charge < -0.3 is 15.6 Å². The van der Waals surface area contributed by atoms with Gasteiger partial charge in [-0.1, -0.05) is 13.3 Å². The van der Waals surface area contributed by atoms with Gasteiger partial charge in [-0.3, -0.25) is 9.59 Å². The molecule has 2 amide bonds. The summed E-state index contributed by atoms with van der Waals surface area (Å²) in [5.41, 5.74) is 3.81. The second-order valence-electron chi connectivity index (χ2n) is 5.06. The van der Waals surface area contributed by atoms with E-state index in [-0.39, 0.29) is 18.4 Å². The molecule has 7 heteroatoms. The molecular formula is C14H21N5O2. The Morgan fingerprint density at radius 2 is 2.33 bits per heavy atom. The van der Waals surface area contributed by atoms with E-state index < -0.39 is 0 Å². The molecule has 114 valence electrons. The first-order valence-corrected chi connectivity index (χ1v) is 7.17. The summed E-state index contributed by atoms with van der Waals surface area (Å²) in [6.45, 7) is 3.31. The molecular weight excluding hydrogens is 270 g/mol. The van der Waals surface area contributed by atoms with Crippen molar-refractivity contribution >= 4 is 17.6 Å². The summed E-state index contributed by atoms with van der Waals surface area (Å²) in [6.07, 6.45) is 2.46. The number of aromatic nitrogens is 1. The molecule has 1 aromatic rings. The molecule has 2 rings (SSSR count). The number of pyridine rings is 1. The van der Waals surface area contributed by atoms with Crippen LogP contribution in [0.25, 0.3) is 0 Å². The Morgan fingerprint density at radius 3 is 3.05 bits per heavy atom. The van der Waals surface area contributed by atoms with Crippen LogP contribution in [-0.4, -0.2) is 41.3 Å². The minimum atomic E-state index is -0.164. The van der Waals surface area contributed by atoms with Crippen LogP contribution in [-0.2, 0) is 11.2 Å². The van der Waals surface area contributed by atoms with E-state index in [4.69, 9.17) is 5.84 Å². The van der Waals surface area contributed by atoms with Gasteiger partial charge in [0.1, 0.15) is 5.82 Å². The van der Waals surface area contributed by atoms with E-state index in [0.29, 0.717) is 24.5 Å². The van der Waals surface area contributed by atoms with Gasteiger partial charge in [0.05, 0.1) is 6.54 Å². The number of hydrogen-bond donors (Lipinski definition) is 3. The number of aryl methyl sites for hydroxylation is 1. The molecule has 2 heterocycles. The highest BCUT2D eigenvalue weighted by molar-refractivity contribution is 5.97. The summed E-state index contributed by atoms with van der Waals surface area (Å²) in [4.78, 5) is 30.0. The standard InChI is InChI=1S/C14H21N5O2/c1-2-4-11-7-10(8-12(17-11)18-15)14(21)19-6-3-5-16-13(20)9-19/h7-8H,2-6,9,15H2,1H3,(H,16,20)(H,17,18). The maximum atomic E-state index is 12.6. The number of nitrogens with zero attached hydrogens (tertiary/aromatic N) is 2. The molecule has 0 saturated carbocycles. The summed E-state index contributed by atoms with van der Waals surface area (Å²) in [6, 6.07) is 3.39. The molecule has 1 aliphatic rings. The number of nitrogens with two attached hydrogens (primary N) is 1. The van der Waals surface area contributed by atoms with Gasteiger partial charge in [0, 0.05) is 24.3 Å². The molecule has 0 atom stereocenters. The van der Waals surface area contributed by atoms with Crippen LogP contribution in [0.4, 0.5) is 5.82 Å². The third-order valence-electron chi connectivity index (χ3n) is 3.33. The van der Waals surface area contributed by atoms with E-state index >= 15 is 0 Å². The number of carbonyl (C=O) groups excluding carboxylic acids is 2. The summed E-state index contributed by atoms with van der Waals surface area (Å²) in [5.74, 6) is 5.58. The molecule has 0 radical (unpaired) electrons. The Bertz CT molecular complexity index is 532. The lowest BCUT2D eigenvalue weighted by atomic mass is 10.1. The largest absolute Gasteiger partial charge is 0.354 e. The Hall–Kier alpha value is -2.15. The summed E-state index contributed by atoms with van der Waals surface area (Å²) in [7, 11) is 0. The summed E-state index contributed by atoms with van der Waals surface area (Å²) in [5, 5.41) is 2.76. The van der Waals surface area contributed by atoms with Crippen LogP contribution in [0.1, 0.15) is 35.8 Å². The number of amides is 2. The number of nitrogens with one attached hydrogen (secondary N) is 2. The number of anilines is 1. The van der Waals surface area contributed by atoms with Crippen LogP contribution in [0.2, 0.25) is 0 Å². The maximum Gasteiger partial charge on any atom is 0.254 e. The second-order valence-corrected chi connectivity index (χ2v) is 5.06. The minimum Gasteiger partial charge on any atom is -0.354 e. The molecule has 0 spiro atoms. The average Bonchev–Trinajstić information content (AvgIpc) is 2.71. The Balaban J connectivity index is 2.24. The number of hydrazine groups is 1. The van der Waals surface area contributed by atoms with E-state index in [1.807, 2.05) is 6.92 Å². The van der Waals surface area contributed by atoms with Crippen LogP contribution in [0, 0.1) is 0 Å². The smallest absolute Gasteiger partial charge is 0.254 e. The maximum absolute atomic E-state index is 12.6. The van der Waals surface area contributed by atoms with Crippen molar-refractivity contribution in [1.29, 1.82) is 0 Å². The summed E-state index contributed by atoms with van der Waals surface area (Å²) >= 11 is 0. The van der Waals surface area contributed by atoms with Crippen molar-refractivity contribution < 1.29 is 9.59 Å². The van der Waals surface area contributed by atoms with Crippen LogP contribution in [0.5, 0.6) is 0 Å². The second kappa shape index (κ2) is 7.03. The zero-order valence-electron chi connectivity index (χ0n) is 12.2. The summed E-state index contributed by atoms with van der Waals surface area (Å²) < 4.78 is 0. The predicted octanol–water partition coefficient (Wildman–Crippen LogP) is 0.282. The monoisotopic (exact) mass is 291 g/mol. The van der Waals surface area contributed by atoms with Crippen LogP contribution in [0.15, 0.2) is 12.1 Å². The van der Waals surface area contributed by atoms with Crippen molar-refractivity contribution in [2.45, 2.75) is 26.2 Å². The van der Waals surface area contributed by atoms with E-state index in [1.165, 1.54) is 0 Å². The molecule has 0 aliphatic carbocycles. The van der Waals surface area contributed by atoms with Gasteiger partial charge in [0.15, 0.2) is 0 Å². The Morgan fingerprint density at radius 1 is 1.52 bits per heavy atom. The Kier molecular flexibility index (Phi) is 5.10. The Labute approximate surface area is 123 Å². The van der Waals surface area contributed by atoms with Crippen molar-refractivity contribution in [3.63, 3.8) is 0 Å². The highest BCUT2D eigenvalue weighted by Crippen LogP contribution is 2.14. The lowest BCUT2D eigenvalue weighted by molar-refractivity contribution is -0.121. The third-order valence-corrected chi connectivity index (χ3v) is 3.33. The normalized spacial score (nSPS) is 15.3. The van der Waals surface area contributed by atoms with Gasteiger partial charge >= 0.3 is 0 Å². The van der Waals surface area contributed by atoms with Crippen molar-refractivity contribution in [1.82, 2.24) is 15.2 Å². The van der Waals surface area contributed by atoms with E-state index in [2.05, 4.69) is 15.7 Å². The number of carbonyl (C=O) groups is 2. The molecule has 1 fully saturated rings. The highest BCUT2D eigenvalue weighted by atomic mass is 16.2. The molecule has 1 aromatic heterocycles. The van der Waals surface area contributed by atoms with Crippen LogP contribution >= 0.6 is 0 Å². The molecule has 1 saturated heterocycles. The highest BCUT2D eigenvalue weighted by Gasteiger charge is 2.21. The SMILES string of the molecule is CCCc1cc(C(=O)N2CCCNC(=O)C2)cc(NN)n1. The molecule has 0 bridgehead atoms. The first-order valence-electron chi connectivity index (χ1n) is 7.17. The molecule has 4 N–H and O–H groups in total. The van der Waals surface area contributed by atoms with Crippen molar-refractivity contribution in [3.8, 4) is 0 Å². The predicted molar refractivity (Wildman–Crippen MR) is 79.6 cm³/mol. The molecule has 21 heavy (non-hydrogen) atoms. The third kappa shape index (κ3) is 3.91. The molecule has 0 aromatic carbocycles. The van der Waals surface area contributed by atoms with Crippen molar-refractivity contribution in [3.05, 3.63) is 23.4 Å².